The first-order chi connectivity index (χ1) is 11.4. The number of nitrogens with zero attached hydrogens (tertiary/aromatic N) is 2. The van der Waals surface area contributed by atoms with Crippen LogP contribution in [0.15, 0.2) is 36.7 Å². The number of nitrogens with one attached hydrogen (secondary N) is 1. The van der Waals surface area contributed by atoms with E-state index in [0.717, 1.165) is 17.1 Å². The first kappa shape index (κ1) is 16.1. The van der Waals surface area contributed by atoms with Crippen LogP contribution in [0, 0.1) is 0 Å². The van der Waals surface area contributed by atoms with E-state index in [9.17, 15) is 18.0 Å². The van der Waals surface area contributed by atoms with Crippen LogP contribution in [0.4, 0.5) is 13.2 Å². The highest BCUT2D eigenvalue weighted by Crippen LogP contribution is 2.30. The molecule has 0 aliphatic carbocycles. The lowest BCUT2D eigenvalue weighted by molar-refractivity contribution is -0.141. The molecular weight excluding hydrogens is 323 g/mol. The third kappa shape index (κ3) is 2.99. The Kier molecular flexibility index (Phi) is 4.04. The maximum atomic E-state index is 12.7. The number of aromatic nitrogens is 3. The summed E-state index contributed by atoms with van der Waals surface area (Å²) in [4.78, 5) is 12.2. The molecule has 1 N–H and O–H groups in total. The summed E-state index contributed by atoms with van der Waals surface area (Å²) in [6.07, 6.45) is -1.84. The van der Waals surface area contributed by atoms with Crippen molar-refractivity contribution in [2.45, 2.75) is 12.6 Å². The van der Waals surface area contributed by atoms with Gasteiger partial charge in [0, 0.05) is 36.1 Å². The van der Waals surface area contributed by atoms with Crippen LogP contribution in [0.5, 0.6) is 0 Å². The average molecular weight is 337 g/mol. The van der Waals surface area contributed by atoms with Crippen LogP contribution in [0.1, 0.15) is 21.6 Å². The maximum Gasteiger partial charge on any atom is 0.433 e. The number of halogens is 3. The van der Waals surface area contributed by atoms with Gasteiger partial charge in [-0.3, -0.25) is 5.10 Å². The molecule has 8 heteroatoms. The second kappa shape index (κ2) is 6.03. The highest BCUT2D eigenvalue weighted by Gasteiger charge is 2.35. The summed E-state index contributed by atoms with van der Waals surface area (Å²) in [6.45, 7) is -0.162. The van der Waals surface area contributed by atoms with Crippen LogP contribution in [0.25, 0.3) is 10.9 Å². The van der Waals surface area contributed by atoms with Crippen molar-refractivity contribution < 1.29 is 22.7 Å². The van der Waals surface area contributed by atoms with E-state index in [0.29, 0.717) is 5.56 Å². The second-order valence-electron chi connectivity index (χ2n) is 5.32. The quantitative estimate of drug-likeness (QED) is 0.743. The smallest absolute Gasteiger partial charge is 0.433 e. The Labute approximate surface area is 135 Å². The van der Waals surface area contributed by atoms with Gasteiger partial charge in [-0.2, -0.15) is 18.3 Å². The Morgan fingerprint density at radius 3 is 2.83 bits per heavy atom. The largest absolute Gasteiger partial charge is 0.462 e. The summed E-state index contributed by atoms with van der Waals surface area (Å²) in [5, 5.41) is 6.06. The van der Waals surface area contributed by atoms with Gasteiger partial charge in [-0.15, -0.1) is 0 Å². The Morgan fingerprint density at radius 2 is 2.08 bits per heavy atom. The fraction of sp³-hybridized carbons (Fsp3) is 0.250. The highest BCUT2D eigenvalue weighted by atomic mass is 19.4. The first-order valence-corrected chi connectivity index (χ1v) is 7.18. The van der Waals surface area contributed by atoms with Gasteiger partial charge in [0.1, 0.15) is 5.69 Å². The molecule has 0 fully saturated rings. The number of benzene rings is 1. The minimum absolute atomic E-state index is 0.0341. The van der Waals surface area contributed by atoms with Gasteiger partial charge in [-0.05, 0) is 6.07 Å². The number of ether oxygens (including phenoxy) is 1. The zero-order valence-electron chi connectivity index (χ0n) is 12.7. The molecule has 0 radical (unpaired) electrons. The number of fused-ring (bicyclic) bond motifs is 1. The summed E-state index contributed by atoms with van der Waals surface area (Å²) < 4.78 is 45.1. The minimum atomic E-state index is -4.51. The molecule has 126 valence electrons. The number of aromatic amines is 1. The minimum Gasteiger partial charge on any atom is -0.462 e. The Bertz CT molecular complexity index is 880. The third-order valence-electron chi connectivity index (χ3n) is 3.72. The standard InChI is InChI=1S/C16H14F3N3O2/c1-22-9-12(11-4-2-3-5-13(11)22)15(23)24-7-6-10-8-20-21-14(10)16(17,18)19/h2-5,8-9H,6-7H2,1H3,(H,20,21). The number of esters is 1. The zero-order valence-corrected chi connectivity index (χ0v) is 12.7. The molecular formula is C16H14F3N3O2. The number of H-pyrrole nitrogens is 1. The summed E-state index contributed by atoms with van der Waals surface area (Å²) in [6, 6.07) is 7.33. The Balaban J connectivity index is 1.69. The van der Waals surface area contributed by atoms with Crippen molar-refractivity contribution in [3.63, 3.8) is 0 Å². The molecule has 2 aromatic heterocycles. The van der Waals surface area contributed by atoms with E-state index in [1.165, 1.54) is 0 Å². The number of carbonyl (C=O) groups excluding carboxylic acids is 1. The van der Waals surface area contributed by atoms with E-state index in [1.54, 1.807) is 29.9 Å². The molecule has 0 amide bonds. The van der Waals surface area contributed by atoms with E-state index < -0.39 is 17.8 Å². The van der Waals surface area contributed by atoms with Crippen molar-refractivity contribution in [2.75, 3.05) is 6.61 Å². The Hall–Kier alpha value is -2.77. The number of rotatable bonds is 4. The molecule has 3 aromatic rings. The molecule has 24 heavy (non-hydrogen) atoms. The molecule has 1 aromatic carbocycles. The van der Waals surface area contributed by atoms with Gasteiger partial charge in [0.2, 0.25) is 0 Å². The van der Waals surface area contributed by atoms with Crippen LogP contribution >= 0.6 is 0 Å². The fourth-order valence-electron chi connectivity index (χ4n) is 2.58. The van der Waals surface area contributed by atoms with Crippen LogP contribution in [-0.2, 0) is 24.4 Å². The summed E-state index contributed by atoms with van der Waals surface area (Å²) in [5.74, 6) is -0.566. The molecule has 0 aliphatic heterocycles. The van der Waals surface area contributed by atoms with Crippen molar-refractivity contribution in [3.05, 3.63) is 53.5 Å². The zero-order chi connectivity index (χ0) is 17.3. The van der Waals surface area contributed by atoms with Crippen molar-refractivity contribution in [2.24, 2.45) is 7.05 Å². The number of hydrogen-bond acceptors (Lipinski definition) is 3. The third-order valence-corrected chi connectivity index (χ3v) is 3.72. The van der Waals surface area contributed by atoms with E-state index in [2.05, 4.69) is 5.10 Å². The summed E-state index contributed by atoms with van der Waals surface area (Å²) >= 11 is 0. The Morgan fingerprint density at radius 1 is 1.33 bits per heavy atom. The molecule has 2 heterocycles. The molecule has 0 saturated carbocycles. The van der Waals surface area contributed by atoms with Crippen molar-refractivity contribution >= 4 is 16.9 Å². The van der Waals surface area contributed by atoms with Crippen LogP contribution in [0.3, 0.4) is 0 Å². The fourth-order valence-corrected chi connectivity index (χ4v) is 2.58. The predicted octanol–water partition coefficient (Wildman–Crippen LogP) is 3.32. The SMILES string of the molecule is Cn1cc(C(=O)OCCc2cn[nH]c2C(F)(F)F)c2ccccc21. The molecule has 0 spiro atoms. The number of carbonyl (C=O) groups is 1. The van der Waals surface area contributed by atoms with Crippen molar-refractivity contribution in [1.82, 2.24) is 14.8 Å². The van der Waals surface area contributed by atoms with Gasteiger partial charge < -0.3 is 9.30 Å². The van der Waals surface area contributed by atoms with Crippen LogP contribution in [-0.4, -0.2) is 27.3 Å². The van der Waals surface area contributed by atoms with Gasteiger partial charge in [0.05, 0.1) is 18.4 Å². The number of hydrogen-bond donors (Lipinski definition) is 1. The lowest BCUT2D eigenvalue weighted by Crippen LogP contribution is -2.12. The molecule has 0 atom stereocenters. The van der Waals surface area contributed by atoms with Crippen LogP contribution < -0.4 is 0 Å². The molecule has 0 unspecified atom stereocenters. The van der Waals surface area contributed by atoms with Gasteiger partial charge in [0.25, 0.3) is 0 Å². The molecule has 0 saturated heterocycles. The van der Waals surface area contributed by atoms with Crippen LogP contribution in [0.2, 0.25) is 0 Å². The first-order valence-electron chi connectivity index (χ1n) is 7.18. The molecule has 3 rings (SSSR count). The van der Waals surface area contributed by atoms with Crippen molar-refractivity contribution in [3.8, 4) is 0 Å². The summed E-state index contributed by atoms with van der Waals surface area (Å²) in [7, 11) is 1.81. The molecule has 0 aliphatic rings. The monoisotopic (exact) mass is 337 g/mol. The topological polar surface area (TPSA) is 59.9 Å². The van der Waals surface area contributed by atoms with E-state index >= 15 is 0 Å². The van der Waals surface area contributed by atoms with Gasteiger partial charge >= 0.3 is 12.1 Å². The van der Waals surface area contributed by atoms with Gasteiger partial charge in [-0.25, -0.2) is 4.79 Å². The lowest BCUT2D eigenvalue weighted by atomic mass is 10.1. The summed E-state index contributed by atoms with van der Waals surface area (Å²) in [5.41, 5.74) is 0.312. The van der Waals surface area contributed by atoms with E-state index in [-0.39, 0.29) is 18.6 Å². The number of aryl methyl sites for hydroxylation is 1. The molecule has 0 bridgehead atoms. The normalized spacial score (nSPS) is 11.8. The molecule has 5 nitrogen and oxygen atoms in total. The highest BCUT2D eigenvalue weighted by molar-refractivity contribution is 6.04. The number of para-hydroxylation sites is 1. The number of alkyl halides is 3. The predicted molar refractivity (Wildman–Crippen MR) is 80.5 cm³/mol. The van der Waals surface area contributed by atoms with Crippen molar-refractivity contribution in [1.29, 1.82) is 0 Å². The van der Waals surface area contributed by atoms with Gasteiger partial charge in [-0.1, -0.05) is 18.2 Å². The lowest BCUT2D eigenvalue weighted by Gasteiger charge is -2.07. The average Bonchev–Trinajstić information content (AvgIpc) is 3.12. The van der Waals surface area contributed by atoms with E-state index in [1.807, 2.05) is 17.2 Å². The van der Waals surface area contributed by atoms with E-state index in [4.69, 9.17) is 4.74 Å². The van der Waals surface area contributed by atoms with Gasteiger partial charge in [0.15, 0.2) is 0 Å². The second-order valence-corrected chi connectivity index (χ2v) is 5.32. The maximum absolute atomic E-state index is 12.7.